The summed E-state index contributed by atoms with van der Waals surface area (Å²) < 4.78 is 6.65. The van der Waals surface area contributed by atoms with Crippen LogP contribution in [0.5, 0.6) is 0 Å². The lowest BCUT2D eigenvalue weighted by Crippen LogP contribution is -2.19. The van der Waals surface area contributed by atoms with Crippen molar-refractivity contribution in [3.8, 4) is 5.82 Å². The Morgan fingerprint density at radius 3 is 2.73 bits per heavy atom. The van der Waals surface area contributed by atoms with Crippen LogP contribution >= 0.6 is 12.2 Å². The van der Waals surface area contributed by atoms with Gasteiger partial charge in [0, 0.05) is 0 Å². The molecule has 3 N–H and O–H groups in total. The maximum absolute atomic E-state index is 12.0. The molecule has 0 amide bonds. The fraction of sp³-hybridized carbons (Fsp3) is 0.286. The first-order valence-corrected chi connectivity index (χ1v) is 7.11. The fourth-order valence-corrected chi connectivity index (χ4v) is 2.21. The molecule has 22 heavy (non-hydrogen) atoms. The summed E-state index contributed by atoms with van der Waals surface area (Å²) in [6, 6.07) is 3.54. The Bertz CT molecular complexity index is 709. The van der Waals surface area contributed by atoms with Gasteiger partial charge in [-0.15, -0.1) is 0 Å². The Kier molecular flexibility index (Phi) is 4.71. The third-order valence-electron chi connectivity index (χ3n) is 3.00. The van der Waals surface area contributed by atoms with Crippen LogP contribution in [-0.2, 0) is 4.74 Å². The minimum atomic E-state index is -0.379. The van der Waals surface area contributed by atoms with Crippen LogP contribution in [0.1, 0.15) is 28.7 Å². The predicted octanol–water partition coefficient (Wildman–Crippen LogP) is 1.72. The number of aromatic nitrogens is 3. The Morgan fingerprint density at radius 2 is 2.18 bits per heavy atom. The van der Waals surface area contributed by atoms with Gasteiger partial charge in [-0.3, -0.25) is 0 Å². The van der Waals surface area contributed by atoms with Crippen molar-refractivity contribution >= 4 is 29.0 Å². The van der Waals surface area contributed by atoms with Gasteiger partial charge >= 0.3 is 5.97 Å². The lowest BCUT2D eigenvalue weighted by molar-refractivity contribution is 0.0524. The quantitative estimate of drug-likeness (QED) is 0.654. The van der Waals surface area contributed by atoms with Crippen molar-refractivity contribution in [1.82, 2.24) is 14.8 Å². The summed E-state index contributed by atoms with van der Waals surface area (Å²) >= 11 is 4.77. The molecule has 0 atom stereocenters. The fourth-order valence-electron chi connectivity index (χ4n) is 2.09. The standard InChI is InChI=1S/C14H17N5O2S/c1-4-21-13(20)12-8(2)18-19(9(12)3)11-6-5-10(7-16-11)17-14(15)22/h5-7H,4H2,1-3H3,(H3,15,17,22). The van der Waals surface area contributed by atoms with E-state index in [0.717, 1.165) is 0 Å². The molecular weight excluding hydrogens is 302 g/mol. The number of thiocarbonyl (C=S) groups is 1. The minimum absolute atomic E-state index is 0.172. The molecule has 2 aromatic rings. The second-order valence-corrected chi connectivity index (χ2v) is 5.01. The summed E-state index contributed by atoms with van der Waals surface area (Å²) in [7, 11) is 0. The van der Waals surface area contributed by atoms with Crippen LogP contribution < -0.4 is 11.1 Å². The molecule has 0 spiro atoms. The average Bonchev–Trinajstić information content (AvgIpc) is 2.74. The number of ether oxygens (including phenoxy) is 1. The zero-order valence-corrected chi connectivity index (χ0v) is 13.4. The van der Waals surface area contributed by atoms with Gasteiger partial charge < -0.3 is 15.8 Å². The lowest BCUT2D eigenvalue weighted by atomic mass is 10.2. The van der Waals surface area contributed by atoms with E-state index in [1.54, 1.807) is 43.8 Å². The van der Waals surface area contributed by atoms with Gasteiger partial charge in [-0.1, -0.05) is 0 Å². The van der Waals surface area contributed by atoms with Crippen LogP contribution in [0.2, 0.25) is 0 Å². The average molecular weight is 319 g/mol. The van der Waals surface area contributed by atoms with Crippen LogP contribution in [-0.4, -0.2) is 32.5 Å². The number of nitrogens with one attached hydrogen (secondary N) is 1. The molecule has 0 aromatic carbocycles. The molecule has 2 aromatic heterocycles. The Balaban J connectivity index is 2.35. The SMILES string of the molecule is CCOC(=O)c1c(C)nn(-c2ccc(NC(N)=S)cn2)c1C. The third-order valence-corrected chi connectivity index (χ3v) is 3.11. The number of carbonyl (C=O) groups excluding carboxylic acids is 1. The number of aryl methyl sites for hydroxylation is 1. The van der Waals surface area contributed by atoms with Gasteiger partial charge in [0.25, 0.3) is 0 Å². The number of carbonyl (C=O) groups is 1. The summed E-state index contributed by atoms with van der Waals surface area (Å²) in [5.74, 6) is 0.208. The van der Waals surface area contributed by atoms with Crippen LogP contribution in [0.25, 0.3) is 5.82 Å². The number of rotatable bonds is 4. The largest absolute Gasteiger partial charge is 0.462 e. The van der Waals surface area contributed by atoms with Crippen molar-refractivity contribution in [3.63, 3.8) is 0 Å². The van der Waals surface area contributed by atoms with Crippen molar-refractivity contribution in [2.75, 3.05) is 11.9 Å². The van der Waals surface area contributed by atoms with E-state index < -0.39 is 0 Å². The predicted molar refractivity (Wildman–Crippen MR) is 87.2 cm³/mol. The summed E-state index contributed by atoms with van der Waals surface area (Å²) in [4.78, 5) is 16.3. The van der Waals surface area contributed by atoms with E-state index in [1.165, 1.54) is 0 Å². The van der Waals surface area contributed by atoms with E-state index in [-0.39, 0.29) is 11.1 Å². The second-order valence-electron chi connectivity index (χ2n) is 4.57. The minimum Gasteiger partial charge on any atom is -0.462 e. The van der Waals surface area contributed by atoms with Gasteiger partial charge in [0.1, 0.15) is 5.56 Å². The van der Waals surface area contributed by atoms with Crippen molar-refractivity contribution in [3.05, 3.63) is 35.3 Å². The van der Waals surface area contributed by atoms with Crippen LogP contribution in [0.3, 0.4) is 0 Å². The highest BCUT2D eigenvalue weighted by Crippen LogP contribution is 2.18. The van der Waals surface area contributed by atoms with Crippen LogP contribution in [0.15, 0.2) is 18.3 Å². The third kappa shape index (κ3) is 3.22. The van der Waals surface area contributed by atoms with Crippen molar-refractivity contribution in [2.45, 2.75) is 20.8 Å². The van der Waals surface area contributed by atoms with Crippen molar-refractivity contribution in [1.29, 1.82) is 0 Å². The number of hydrogen-bond donors (Lipinski definition) is 2. The highest BCUT2D eigenvalue weighted by atomic mass is 32.1. The summed E-state index contributed by atoms with van der Waals surface area (Å²) in [5, 5.41) is 7.32. The second kappa shape index (κ2) is 6.52. The molecule has 0 bridgehead atoms. The van der Waals surface area contributed by atoms with Gasteiger partial charge in [0.15, 0.2) is 10.9 Å². The van der Waals surface area contributed by atoms with Crippen LogP contribution in [0.4, 0.5) is 5.69 Å². The highest BCUT2D eigenvalue weighted by molar-refractivity contribution is 7.80. The van der Waals surface area contributed by atoms with E-state index >= 15 is 0 Å². The molecular formula is C14H17N5O2S. The number of anilines is 1. The van der Waals surface area contributed by atoms with Gasteiger partial charge in [0.05, 0.1) is 29.9 Å². The molecule has 0 aliphatic heterocycles. The maximum atomic E-state index is 12.0. The Labute approximate surface area is 133 Å². The van der Waals surface area contributed by atoms with Crippen LogP contribution in [0, 0.1) is 13.8 Å². The molecule has 0 unspecified atom stereocenters. The monoisotopic (exact) mass is 319 g/mol. The smallest absolute Gasteiger partial charge is 0.341 e. The molecule has 0 fully saturated rings. The van der Waals surface area contributed by atoms with Gasteiger partial charge in [-0.25, -0.2) is 14.5 Å². The molecule has 0 aliphatic rings. The number of hydrogen-bond acceptors (Lipinski definition) is 5. The number of nitrogens with zero attached hydrogens (tertiary/aromatic N) is 3. The molecule has 116 valence electrons. The van der Waals surface area contributed by atoms with Crippen molar-refractivity contribution < 1.29 is 9.53 Å². The Hall–Kier alpha value is -2.48. The lowest BCUT2D eigenvalue weighted by Gasteiger charge is -2.07. The molecule has 0 radical (unpaired) electrons. The summed E-state index contributed by atoms with van der Waals surface area (Å²) in [5.41, 5.74) is 7.84. The van der Waals surface area contributed by atoms with E-state index in [9.17, 15) is 4.79 Å². The normalized spacial score (nSPS) is 10.3. The zero-order chi connectivity index (χ0) is 16.3. The zero-order valence-electron chi connectivity index (χ0n) is 12.6. The first-order chi connectivity index (χ1) is 10.4. The maximum Gasteiger partial charge on any atom is 0.341 e. The molecule has 0 saturated heterocycles. The number of pyridine rings is 1. The number of nitrogens with two attached hydrogens (primary N) is 1. The molecule has 7 nitrogen and oxygen atoms in total. The van der Waals surface area contributed by atoms with E-state index in [4.69, 9.17) is 22.7 Å². The van der Waals surface area contributed by atoms with E-state index in [1.807, 2.05) is 0 Å². The first kappa shape index (κ1) is 15.9. The van der Waals surface area contributed by atoms with Gasteiger partial charge in [-0.05, 0) is 45.1 Å². The van der Waals surface area contributed by atoms with Gasteiger partial charge in [-0.2, -0.15) is 5.10 Å². The molecule has 2 rings (SSSR count). The molecule has 2 heterocycles. The molecule has 8 heteroatoms. The first-order valence-electron chi connectivity index (χ1n) is 6.70. The van der Waals surface area contributed by atoms with Crippen molar-refractivity contribution in [2.24, 2.45) is 5.73 Å². The summed E-state index contributed by atoms with van der Waals surface area (Å²) in [6.07, 6.45) is 1.59. The highest BCUT2D eigenvalue weighted by Gasteiger charge is 2.20. The van der Waals surface area contributed by atoms with E-state index in [2.05, 4.69) is 15.4 Å². The van der Waals surface area contributed by atoms with E-state index in [0.29, 0.717) is 35.1 Å². The molecule has 0 saturated carbocycles. The molecule has 0 aliphatic carbocycles. The van der Waals surface area contributed by atoms with Gasteiger partial charge in [0.2, 0.25) is 0 Å². The topological polar surface area (TPSA) is 95.1 Å². The Morgan fingerprint density at radius 1 is 1.45 bits per heavy atom. The summed E-state index contributed by atoms with van der Waals surface area (Å²) in [6.45, 7) is 5.65. The number of esters is 1.